The highest BCUT2D eigenvalue weighted by Gasteiger charge is 2.24. The van der Waals surface area contributed by atoms with Crippen molar-refractivity contribution >= 4 is 44.3 Å². The van der Waals surface area contributed by atoms with E-state index >= 15 is 0 Å². The van der Waals surface area contributed by atoms with Gasteiger partial charge in [-0.1, -0.05) is 29.3 Å². The van der Waals surface area contributed by atoms with Gasteiger partial charge in [-0.05, 0) is 30.7 Å². The second kappa shape index (κ2) is 5.19. The first-order valence-electron chi connectivity index (χ1n) is 6.02. The van der Waals surface area contributed by atoms with Crippen molar-refractivity contribution in [2.75, 3.05) is 0 Å². The van der Waals surface area contributed by atoms with E-state index in [9.17, 15) is 12.8 Å². The van der Waals surface area contributed by atoms with E-state index in [4.69, 9.17) is 23.2 Å². The van der Waals surface area contributed by atoms with Crippen LogP contribution in [0.25, 0.3) is 11.0 Å². The molecule has 0 fully saturated rings. The topological polar surface area (TPSA) is 64.8 Å². The highest BCUT2D eigenvalue weighted by atomic mass is 35.5. The largest absolute Gasteiger partial charge is 0.269 e. The number of benzene rings is 1. The molecule has 5 nitrogen and oxygen atoms in total. The van der Waals surface area contributed by atoms with Gasteiger partial charge in [0, 0.05) is 0 Å². The molecule has 0 radical (unpaired) electrons. The lowest BCUT2D eigenvalue weighted by Gasteiger charge is -2.07. The first kappa shape index (κ1) is 15.2. The quantitative estimate of drug-likeness (QED) is 0.519. The van der Waals surface area contributed by atoms with Crippen molar-refractivity contribution in [3.8, 4) is 0 Å². The van der Waals surface area contributed by atoms with Gasteiger partial charge < -0.3 is 0 Å². The maximum atomic E-state index is 14.0. The normalized spacial score (nSPS) is 12.0. The van der Waals surface area contributed by atoms with Gasteiger partial charge in [-0.25, -0.2) is 21.8 Å². The number of rotatable bonds is 2. The van der Waals surface area contributed by atoms with Gasteiger partial charge in [0.2, 0.25) is 5.28 Å². The van der Waals surface area contributed by atoms with Crippen LogP contribution in [-0.4, -0.2) is 22.4 Å². The van der Waals surface area contributed by atoms with E-state index < -0.39 is 15.8 Å². The van der Waals surface area contributed by atoms with Gasteiger partial charge >= 0.3 is 0 Å². The van der Waals surface area contributed by atoms with Crippen molar-refractivity contribution in [2.24, 2.45) is 0 Å². The Morgan fingerprint density at radius 1 is 1.14 bits per heavy atom. The number of aromatic nitrogens is 3. The second-order valence-electron chi connectivity index (χ2n) is 4.57. The summed E-state index contributed by atoms with van der Waals surface area (Å²) in [4.78, 5) is 7.40. The summed E-state index contributed by atoms with van der Waals surface area (Å²) in [6.07, 6.45) is 0.802. The summed E-state index contributed by atoms with van der Waals surface area (Å²) in [6, 6.07) is 6.14. The predicted octanol–water partition coefficient (Wildman–Crippen LogP) is 3.42. The molecule has 0 bridgehead atoms. The van der Waals surface area contributed by atoms with Crippen LogP contribution in [0.1, 0.15) is 5.56 Å². The molecule has 9 heteroatoms. The standard InChI is InChI=1S/C13H8Cl2FN3O2S/c1-7-2-4-8(5-3-7)22(20,21)19-6-9(16)10-11(14)17-13(15)18-12(10)19/h2-6H,1H3. The molecule has 0 aliphatic carbocycles. The van der Waals surface area contributed by atoms with Crippen molar-refractivity contribution in [3.05, 3.63) is 52.3 Å². The van der Waals surface area contributed by atoms with Crippen molar-refractivity contribution in [2.45, 2.75) is 11.8 Å². The van der Waals surface area contributed by atoms with E-state index in [1.807, 2.05) is 6.92 Å². The van der Waals surface area contributed by atoms with E-state index in [1.54, 1.807) is 12.1 Å². The average Bonchev–Trinajstić information content (AvgIpc) is 2.77. The third kappa shape index (κ3) is 2.35. The van der Waals surface area contributed by atoms with Crippen molar-refractivity contribution in [1.29, 1.82) is 0 Å². The van der Waals surface area contributed by atoms with Crippen LogP contribution in [0.3, 0.4) is 0 Å². The zero-order valence-electron chi connectivity index (χ0n) is 11.1. The molecule has 0 saturated carbocycles. The molecule has 3 rings (SSSR count). The van der Waals surface area contributed by atoms with E-state index in [0.29, 0.717) is 3.97 Å². The molecule has 2 heterocycles. The van der Waals surface area contributed by atoms with Crippen molar-refractivity contribution in [1.82, 2.24) is 13.9 Å². The van der Waals surface area contributed by atoms with Gasteiger partial charge in [-0.15, -0.1) is 0 Å². The highest BCUT2D eigenvalue weighted by Crippen LogP contribution is 2.29. The molecule has 3 aromatic rings. The Morgan fingerprint density at radius 2 is 1.77 bits per heavy atom. The van der Waals surface area contributed by atoms with Crippen LogP contribution in [0, 0.1) is 12.7 Å². The number of hydrogen-bond acceptors (Lipinski definition) is 4. The van der Waals surface area contributed by atoms with Gasteiger partial charge in [0.1, 0.15) is 5.15 Å². The average molecular weight is 360 g/mol. The first-order valence-corrected chi connectivity index (χ1v) is 8.22. The molecule has 0 unspecified atom stereocenters. The molecule has 22 heavy (non-hydrogen) atoms. The number of fused-ring (bicyclic) bond motifs is 1. The molecule has 0 aliphatic heterocycles. The van der Waals surface area contributed by atoms with Crippen LogP contribution in [0.5, 0.6) is 0 Å². The molecule has 1 aromatic carbocycles. The molecule has 2 aromatic heterocycles. The van der Waals surface area contributed by atoms with Crippen molar-refractivity contribution < 1.29 is 12.8 Å². The summed E-state index contributed by atoms with van der Waals surface area (Å²) in [7, 11) is -4.03. The summed E-state index contributed by atoms with van der Waals surface area (Å²) in [5.74, 6) is -0.840. The molecule has 0 spiro atoms. The van der Waals surface area contributed by atoms with Crippen LogP contribution in [0.4, 0.5) is 4.39 Å². The van der Waals surface area contributed by atoms with Crippen molar-refractivity contribution in [3.63, 3.8) is 0 Å². The fourth-order valence-corrected chi connectivity index (χ4v) is 3.76. The zero-order chi connectivity index (χ0) is 16.1. The summed E-state index contributed by atoms with van der Waals surface area (Å²) in [5, 5.41) is -0.705. The molecule has 0 atom stereocenters. The summed E-state index contributed by atoms with van der Waals surface area (Å²) < 4.78 is 40.0. The maximum Gasteiger partial charge on any atom is 0.269 e. The van der Waals surface area contributed by atoms with Gasteiger partial charge in [0.05, 0.1) is 16.5 Å². The number of halogens is 3. The maximum absolute atomic E-state index is 14.0. The van der Waals surface area contributed by atoms with Crippen LogP contribution in [0.2, 0.25) is 10.4 Å². The summed E-state index contributed by atoms with van der Waals surface area (Å²) in [6.45, 7) is 1.83. The fraction of sp³-hybridized carbons (Fsp3) is 0.0769. The Bertz CT molecular complexity index is 985. The lowest BCUT2D eigenvalue weighted by atomic mass is 10.2. The Balaban J connectivity index is 2.32. The molecule has 0 amide bonds. The van der Waals surface area contributed by atoms with Crippen LogP contribution >= 0.6 is 23.2 Å². The van der Waals surface area contributed by atoms with E-state index in [2.05, 4.69) is 9.97 Å². The van der Waals surface area contributed by atoms with E-state index in [1.165, 1.54) is 12.1 Å². The van der Waals surface area contributed by atoms with Gasteiger partial charge in [-0.2, -0.15) is 4.98 Å². The number of nitrogens with zero attached hydrogens (tertiary/aromatic N) is 3. The molecular formula is C13H8Cl2FN3O2S. The molecule has 0 N–H and O–H groups in total. The first-order chi connectivity index (χ1) is 10.3. The summed E-state index contributed by atoms with van der Waals surface area (Å²) in [5.41, 5.74) is 0.694. The van der Waals surface area contributed by atoms with Crippen LogP contribution in [-0.2, 0) is 10.0 Å². The minimum Gasteiger partial charge on any atom is -0.221 e. The minimum atomic E-state index is -4.03. The number of aryl methyl sites for hydroxylation is 1. The Hall–Kier alpha value is -1.70. The van der Waals surface area contributed by atoms with Gasteiger partial charge in [-0.3, -0.25) is 0 Å². The lowest BCUT2D eigenvalue weighted by molar-refractivity contribution is 0.585. The smallest absolute Gasteiger partial charge is 0.221 e. The highest BCUT2D eigenvalue weighted by molar-refractivity contribution is 7.90. The Kier molecular flexibility index (Phi) is 3.58. The minimum absolute atomic E-state index is 0.000794. The Labute approximate surface area is 135 Å². The third-order valence-electron chi connectivity index (χ3n) is 3.07. The molecule has 114 valence electrons. The SMILES string of the molecule is Cc1ccc(S(=O)(=O)n2cc(F)c3c(Cl)nc(Cl)nc32)cc1. The zero-order valence-corrected chi connectivity index (χ0v) is 13.4. The monoisotopic (exact) mass is 359 g/mol. The number of hydrogen-bond donors (Lipinski definition) is 0. The molecular weight excluding hydrogens is 352 g/mol. The van der Waals surface area contributed by atoms with E-state index in [-0.39, 0.29) is 26.4 Å². The molecule has 0 saturated heterocycles. The van der Waals surface area contributed by atoms with Crippen LogP contribution in [0.15, 0.2) is 35.4 Å². The van der Waals surface area contributed by atoms with E-state index in [0.717, 1.165) is 11.8 Å². The van der Waals surface area contributed by atoms with Crippen LogP contribution < -0.4 is 0 Å². The van der Waals surface area contributed by atoms with Gasteiger partial charge in [0.25, 0.3) is 10.0 Å². The summed E-state index contributed by atoms with van der Waals surface area (Å²) >= 11 is 11.5. The molecule has 0 aliphatic rings. The predicted molar refractivity (Wildman–Crippen MR) is 81.3 cm³/mol. The Morgan fingerprint density at radius 3 is 2.41 bits per heavy atom. The second-order valence-corrected chi connectivity index (χ2v) is 7.08. The van der Waals surface area contributed by atoms with Gasteiger partial charge in [0.15, 0.2) is 11.5 Å². The lowest BCUT2D eigenvalue weighted by Crippen LogP contribution is -2.12. The third-order valence-corrected chi connectivity index (χ3v) is 5.18. The fourth-order valence-electron chi connectivity index (χ4n) is 2.00.